The van der Waals surface area contributed by atoms with Crippen molar-refractivity contribution in [3.8, 4) is 0 Å². The number of hydrogen-bond donors (Lipinski definition) is 0. The summed E-state index contributed by atoms with van der Waals surface area (Å²) < 4.78 is 7.71. The van der Waals surface area contributed by atoms with Crippen LogP contribution in [0.15, 0.2) is 66.2 Å². The molecule has 36 heavy (non-hydrogen) atoms. The van der Waals surface area contributed by atoms with E-state index < -0.39 is 8.32 Å². The van der Waals surface area contributed by atoms with Crippen molar-refractivity contribution in [1.82, 2.24) is 0 Å². The van der Waals surface area contributed by atoms with Crippen LogP contribution in [0.2, 0.25) is 19.6 Å². The fourth-order valence-corrected chi connectivity index (χ4v) is 7.47. The maximum atomic E-state index is 6.21. The number of hydrogen-bond acceptors (Lipinski definition) is 1. The van der Waals surface area contributed by atoms with Gasteiger partial charge in [-0.1, -0.05) is 0 Å². The molecule has 0 aliphatic heterocycles. The molecule has 5 rings (SSSR count). The molecule has 0 radical (unpaired) electrons. The Morgan fingerprint density at radius 2 is 1.53 bits per heavy atom. The molecule has 185 valence electrons. The van der Waals surface area contributed by atoms with Gasteiger partial charge in [-0.3, -0.25) is 0 Å². The van der Waals surface area contributed by atoms with Crippen LogP contribution in [-0.4, -0.2) is 14.9 Å². The first-order valence-electron chi connectivity index (χ1n) is 12.4. The molecule has 0 saturated carbocycles. The molecule has 1 unspecified atom stereocenters. The van der Waals surface area contributed by atoms with Gasteiger partial charge < -0.3 is 24.8 Å². The molecule has 0 fully saturated rings. The minimum absolute atomic E-state index is 0. The van der Waals surface area contributed by atoms with E-state index in [1.807, 2.05) is 0 Å². The summed E-state index contributed by atoms with van der Waals surface area (Å²) in [6.45, 7) is 12.2. The Bertz CT molecular complexity index is 1530. The minimum Gasteiger partial charge on any atom is -1.00 e. The van der Waals surface area contributed by atoms with Gasteiger partial charge in [-0.25, -0.2) is 0 Å². The number of allylic oxidation sites excluding steroid dienone is 1. The van der Waals surface area contributed by atoms with Gasteiger partial charge in [-0.05, 0) is 0 Å². The van der Waals surface area contributed by atoms with Crippen LogP contribution in [0, 0.1) is 10.4 Å². The number of halogens is 2. The Balaban J connectivity index is 0.00000180. The maximum absolute atomic E-state index is 6.21. The van der Waals surface area contributed by atoms with Crippen LogP contribution in [0.4, 0.5) is 0 Å². The van der Waals surface area contributed by atoms with Crippen molar-refractivity contribution in [3.63, 3.8) is 0 Å². The summed E-state index contributed by atoms with van der Waals surface area (Å²) >= 11 is 1.49. The first-order chi connectivity index (χ1) is 16.3. The third-order valence-corrected chi connectivity index (χ3v) is 9.32. The second kappa shape index (κ2) is 11.7. The monoisotopic (exact) mass is 609 g/mol. The van der Waals surface area contributed by atoms with Crippen molar-refractivity contribution < 1.29 is 54.0 Å². The molecule has 0 bridgehead atoms. The van der Waals surface area contributed by atoms with Crippen LogP contribution < -0.4 is 35.3 Å². The SMILES string of the molecule is CC(C)=c1ccc2c(c1C1C(CCCO[Si](C)(C)C)=Cc3ccccc31)[C]([Zr+2])=c1ccccc1=2.[Cl-].[Cl-]. The van der Waals surface area contributed by atoms with E-state index in [2.05, 4.69) is 100 Å². The molecule has 5 heteroatoms. The average Bonchev–Trinajstić information content (AvgIpc) is 3.31. The summed E-state index contributed by atoms with van der Waals surface area (Å²) in [5.41, 5.74) is 8.77. The van der Waals surface area contributed by atoms with E-state index in [0.29, 0.717) is 5.92 Å². The number of rotatable bonds is 6. The zero-order chi connectivity index (χ0) is 24.0. The summed E-state index contributed by atoms with van der Waals surface area (Å²) in [4.78, 5) is 0. The van der Waals surface area contributed by atoms with Crippen molar-refractivity contribution in [1.29, 1.82) is 0 Å². The summed E-state index contributed by atoms with van der Waals surface area (Å²) in [7, 11) is -1.48. The zero-order valence-electron chi connectivity index (χ0n) is 21.7. The van der Waals surface area contributed by atoms with Crippen LogP contribution >= 0.6 is 0 Å². The molecule has 0 saturated heterocycles. The van der Waals surface area contributed by atoms with Crippen molar-refractivity contribution in [2.45, 2.75) is 52.2 Å². The van der Waals surface area contributed by atoms with Gasteiger partial charge in [0.1, 0.15) is 0 Å². The van der Waals surface area contributed by atoms with Gasteiger partial charge in [0.05, 0.1) is 0 Å². The normalized spacial score (nSPS) is 15.4. The van der Waals surface area contributed by atoms with Gasteiger partial charge >= 0.3 is 221 Å². The molecule has 0 spiro atoms. The second-order valence-corrected chi connectivity index (χ2v) is 16.5. The summed E-state index contributed by atoms with van der Waals surface area (Å²) in [5, 5.41) is 5.64. The molecule has 1 atom stereocenters. The average molecular weight is 612 g/mol. The molecular formula is C31H33Cl2OSiZr. The van der Waals surface area contributed by atoms with Crippen molar-refractivity contribution in [2.24, 2.45) is 0 Å². The fraction of sp³-hybridized carbons (Fsp3) is 0.290. The van der Waals surface area contributed by atoms with Gasteiger partial charge in [0.25, 0.3) is 0 Å². The minimum atomic E-state index is -1.48. The van der Waals surface area contributed by atoms with Crippen LogP contribution in [0.5, 0.6) is 0 Å². The third-order valence-electron chi connectivity index (χ3n) is 6.97. The Morgan fingerprint density at radius 1 is 0.861 bits per heavy atom. The van der Waals surface area contributed by atoms with E-state index >= 15 is 0 Å². The van der Waals surface area contributed by atoms with E-state index in [1.54, 1.807) is 0 Å². The largest absolute Gasteiger partial charge is 1.00 e. The van der Waals surface area contributed by atoms with E-state index in [4.69, 9.17) is 4.43 Å². The first kappa shape index (κ1) is 29.3. The first-order valence-corrected chi connectivity index (χ1v) is 17.0. The maximum Gasteiger partial charge on any atom is -1.00 e. The van der Waals surface area contributed by atoms with Gasteiger partial charge in [0.2, 0.25) is 0 Å². The molecule has 3 aromatic carbocycles. The van der Waals surface area contributed by atoms with Crippen molar-refractivity contribution in [2.75, 3.05) is 6.61 Å². The summed E-state index contributed by atoms with van der Waals surface area (Å²) in [6, 6.07) is 22.7. The fourth-order valence-electron chi connectivity index (χ4n) is 5.52. The third kappa shape index (κ3) is 5.47. The molecule has 0 aromatic heterocycles. The topological polar surface area (TPSA) is 9.23 Å². The Kier molecular flexibility index (Phi) is 9.51. The van der Waals surface area contributed by atoms with E-state index in [-0.39, 0.29) is 24.8 Å². The Labute approximate surface area is 243 Å². The van der Waals surface area contributed by atoms with Crippen LogP contribution in [0.1, 0.15) is 54.9 Å². The predicted octanol–water partition coefficient (Wildman–Crippen LogP) is 0.349. The summed E-state index contributed by atoms with van der Waals surface area (Å²) in [6.07, 6.45) is 4.62. The van der Waals surface area contributed by atoms with Crippen LogP contribution in [0.3, 0.4) is 0 Å². The van der Waals surface area contributed by atoms with Gasteiger partial charge in [0.15, 0.2) is 0 Å². The quantitative estimate of drug-likeness (QED) is 0.289. The van der Waals surface area contributed by atoms with Crippen molar-refractivity contribution >= 4 is 23.2 Å². The molecule has 3 aromatic rings. The Morgan fingerprint density at radius 3 is 2.22 bits per heavy atom. The molecule has 0 heterocycles. The number of fused-ring (bicyclic) bond motifs is 3. The molecule has 0 amide bonds. The molecule has 1 nitrogen and oxygen atoms in total. The summed E-state index contributed by atoms with van der Waals surface area (Å²) in [5.74, 6) is 0.313. The van der Waals surface area contributed by atoms with Crippen LogP contribution in [0.25, 0.3) is 14.9 Å². The zero-order valence-corrected chi connectivity index (χ0v) is 26.7. The van der Waals surface area contributed by atoms with Gasteiger partial charge in [0, 0.05) is 0 Å². The van der Waals surface area contributed by atoms with Crippen LogP contribution in [-0.2, 0) is 29.1 Å². The van der Waals surface area contributed by atoms with E-state index in [1.165, 1.54) is 82.3 Å². The van der Waals surface area contributed by atoms with E-state index in [0.717, 1.165) is 19.4 Å². The second-order valence-electron chi connectivity index (χ2n) is 10.7. The van der Waals surface area contributed by atoms with Gasteiger partial charge in [-0.15, -0.1) is 0 Å². The van der Waals surface area contributed by atoms with E-state index in [9.17, 15) is 0 Å². The molecular weight excluding hydrogens is 579 g/mol. The number of benzene rings is 3. The molecule has 2 aliphatic carbocycles. The van der Waals surface area contributed by atoms with Crippen molar-refractivity contribution in [3.05, 3.63) is 109 Å². The molecule has 2 aliphatic rings. The smallest absolute Gasteiger partial charge is 1.00 e. The standard InChI is InChI=1S/C31H33OSi.2ClH.Zr/c1-21(2)25-16-17-28-26-14-8-6-12-23(26)20-29(28)31(25)30-24(13-10-18-32-33(3,4)5)19-22-11-7-9-15-27(22)30;;;/h6-9,11-12,14-17,19,30H,10,13,18H2,1-5H3;2*1H;/q;;;+2/p-2. The van der Waals surface area contributed by atoms with Gasteiger partial charge in [-0.2, -0.15) is 0 Å². The Hall–Kier alpha value is -1.22. The molecule has 0 N–H and O–H groups in total. The predicted molar refractivity (Wildman–Crippen MR) is 142 cm³/mol.